The van der Waals surface area contributed by atoms with Crippen molar-refractivity contribution in [3.63, 3.8) is 0 Å². The van der Waals surface area contributed by atoms with Crippen LogP contribution in [0.2, 0.25) is 0 Å². The van der Waals surface area contributed by atoms with E-state index in [9.17, 15) is 0 Å². The summed E-state index contributed by atoms with van der Waals surface area (Å²) in [6, 6.07) is 0. The van der Waals surface area contributed by atoms with E-state index in [0.717, 1.165) is 0 Å². The minimum atomic E-state index is 0.716. The Hall–Kier alpha value is 4.22. The van der Waals surface area contributed by atoms with Gasteiger partial charge in [-0.3, -0.25) is 0 Å². The molecule has 0 aromatic rings. The fourth-order valence-electron chi connectivity index (χ4n) is 0.694. The summed E-state index contributed by atoms with van der Waals surface area (Å²) in [5.74, 6) is 0. The van der Waals surface area contributed by atoms with E-state index in [2.05, 4.69) is 90.4 Å². The first-order valence-electron chi connectivity index (χ1n) is 3.14. The summed E-state index contributed by atoms with van der Waals surface area (Å²) in [5, 5.41) is 0. The normalized spacial score (nSPS) is 23.1. The van der Waals surface area contributed by atoms with Crippen LogP contribution in [-0.2, 0) is 0 Å². The average Bonchev–Trinajstić information content (AvgIpc) is 2.60. The van der Waals surface area contributed by atoms with E-state index in [1.807, 2.05) is 6.74 Å². The van der Waals surface area contributed by atoms with Gasteiger partial charge in [-0.2, -0.15) is 0 Å². The van der Waals surface area contributed by atoms with Gasteiger partial charge in [-0.1, -0.05) is 0 Å². The summed E-state index contributed by atoms with van der Waals surface area (Å²) < 4.78 is 10.4. The van der Waals surface area contributed by atoms with Crippen LogP contribution < -0.4 is 0 Å². The number of rotatable bonds is 0. The standard InChI is InChI=1S/C6I4Se4/c7-1-2(8)12-5(11-1)6-13-3(9)4(10)14-6. The van der Waals surface area contributed by atoms with Crippen LogP contribution in [0.3, 0.4) is 0 Å². The molecule has 0 aromatic heterocycles. The van der Waals surface area contributed by atoms with E-state index in [1.165, 1.54) is 0 Å². The SMILES string of the molecule is IC1=C(I)[Se]C(=C2[Se]C(I)=C(I)[Se]2)[Se]1. The van der Waals surface area contributed by atoms with Gasteiger partial charge in [-0.25, -0.2) is 0 Å². The van der Waals surface area contributed by atoms with Gasteiger partial charge < -0.3 is 0 Å². The van der Waals surface area contributed by atoms with Gasteiger partial charge in [0.1, 0.15) is 0 Å². The molecule has 0 nitrogen and oxygen atoms in total. The molecule has 14 heavy (non-hydrogen) atoms. The number of halogens is 4. The van der Waals surface area contributed by atoms with Crippen LogP contribution in [0.1, 0.15) is 0 Å². The Balaban J connectivity index is 2.17. The van der Waals surface area contributed by atoms with E-state index in [0.29, 0.717) is 59.8 Å². The predicted octanol–water partition coefficient (Wildman–Crippen LogP) is 2.95. The molecule has 0 N–H and O–H groups in total. The average molecular weight is 896 g/mol. The summed E-state index contributed by atoms with van der Waals surface area (Å²) >= 11 is 13.1. The van der Waals surface area contributed by atoms with Gasteiger partial charge in [0.2, 0.25) is 0 Å². The molecule has 0 unspecified atom stereocenters. The molecule has 0 amide bonds. The Morgan fingerprint density at radius 2 is 0.714 bits per heavy atom. The molecule has 0 atom stereocenters. The molecule has 8 heteroatoms. The van der Waals surface area contributed by atoms with Crippen LogP contribution in [0.5, 0.6) is 0 Å². The molecule has 0 bridgehead atoms. The van der Waals surface area contributed by atoms with Crippen molar-refractivity contribution in [2.24, 2.45) is 0 Å². The van der Waals surface area contributed by atoms with Gasteiger partial charge in [-0.05, 0) is 0 Å². The zero-order valence-electron chi connectivity index (χ0n) is 6.14. The summed E-state index contributed by atoms with van der Waals surface area (Å²) in [4.78, 5) is 0. The molecule has 2 aliphatic rings. The third-order valence-electron chi connectivity index (χ3n) is 1.20. The van der Waals surface area contributed by atoms with Crippen molar-refractivity contribution in [2.75, 3.05) is 0 Å². The van der Waals surface area contributed by atoms with Crippen molar-refractivity contribution in [1.82, 2.24) is 0 Å². The van der Waals surface area contributed by atoms with Crippen molar-refractivity contribution in [1.29, 1.82) is 0 Å². The Morgan fingerprint density at radius 1 is 0.500 bits per heavy atom. The summed E-state index contributed by atoms with van der Waals surface area (Å²) in [6.07, 6.45) is 0. The van der Waals surface area contributed by atoms with Crippen LogP contribution in [0.4, 0.5) is 0 Å². The first-order valence-corrected chi connectivity index (χ1v) is 14.3. The Morgan fingerprint density at radius 3 is 0.929 bits per heavy atom. The fourth-order valence-corrected chi connectivity index (χ4v) is 27.4. The maximum atomic E-state index is 2.55. The Kier molecular flexibility index (Phi) is 6.88. The molecule has 0 fully saturated rings. The number of hydrogen-bond acceptors (Lipinski definition) is 0. The zero-order chi connectivity index (χ0) is 10.3. The second-order valence-electron chi connectivity index (χ2n) is 2.08. The maximum absolute atomic E-state index is 2.55. The van der Waals surface area contributed by atoms with Gasteiger partial charge in [0.05, 0.1) is 0 Å². The minimum absolute atomic E-state index is 0.716. The van der Waals surface area contributed by atoms with Gasteiger partial charge in [0.25, 0.3) is 0 Å². The van der Waals surface area contributed by atoms with Crippen molar-refractivity contribution >= 4 is 150 Å². The van der Waals surface area contributed by atoms with Crippen LogP contribution >= 0.6 is 90.4 Å². The monoisotopic (exact) mass is 899 g/mol. The molecule has 2 heterocycles. The van der Waals surface area contributed by atoms with Crippen molar-refractivity contribution < 1.29 is 0 Å². The van der Waals surface area contributed by atoms with Crippen LogP contribution in [0.25, 0.3) is 0 Å². The van der Waals surface area contributed by atoms with E-state index >= 15 is 0 Å². The Labute approximate surface area is 163 Å². The molecule has 0 saturated carbocycles. The third kappa shape index (κ3) is 3.62. The molecule has 76 valence electrons. The summed E-state index contributed by atoms with van der Waals surface area (Å²) in [6.45, 7) is 0. The number of hydrogen-bond donors (Lipinski definition) is 0. The van der Waals surface area contributed by atoms with Crippen LogP contribution in [-0.4, -0.2) is 59.8 Å². The summed E-state index contributed by atoms with van der Waals surface area (Å²) in [5.41, 5.74) is 0. The molecule has 0 radical (unpaired) electrons. The molecule has 2 rings (SSSR count). The molecule has 0 saturated heterocycles. The molecular formula is C6I4Se4. The second-order valence-corrected chi connectivity index (χ2v) is 24.2. The van der Waals surface area contributed by atoms with Crippen molar-refractivity contribution in [3.8, 4) is 0 Å². The van der Waals surface area contributed by atoms with Crippen LogP contribution in [0.15, 0.2) is 16.7 Å². The molecule has 0 aromatic carbocycles. The van der Waals surface area contributed by atoms with Gasteiger partial charge in [0, 0.05) is 0 Å². The molecule has 2 aliphatic heterocycles. The first-order chi connectivity index (χ1) is 6.58. The first kappa shape index (κ1) is 14.6. The van der Waals surface area contributed by atoms with Crippen molar-refractivity contribution in [2.45, 2.75) is 0 Å². The molecule has 0 aliphatic carbocycles. The second kappa shape index (κ2) is 6.59. The van der Waals surface area contributed by atoms with E-state index in [1.54, 1.807) is 9.91 Å². The Bertz CT molecular complexity index is 315. The van der Waals surface area contributed by atoms with E-state index in [-0.39, 0.29) is 0 Å². The topological polar surface area (TPSA) is 0 Å². The quantitative estimate of drug-likeness (QED) is 0.260. The molecular weight excluding hydrogens is 896 g/mol. The van der Waals surface area contributed by atoms with E-state index < -0.39 is 0 Å². The zero-order valence-corrected chi connectivity index (χ0v) is 21.6. The van der Waals surface area contributed by atoms with E-state index in [4.69, 9.17) is 0 Å². The van der Waals surface area contributed by atoms with Crippen LogP contribution in [0, 0.1) is 0 Å². The molecule has 0 spiro atoms. The summed E-state index contributed by atoms with van der Waals surface area (Å²) in [7, 11) is 0. The van der Waals surface area contributed by atoms with Crippen molar-refractivity contribution in [3.05, 3.63) is 16.7 Å². The fraction of sp³-hybridized carbons (Fsp3) is 0. The third-order valence-corrected chi connectivity index (χ3v) is 27.3. The predicted molar refractivity (Wildman–Crippen MR) is 100 cm³/mol. The van der Waals surface area contributed by atoms with Gasteiger partial charge >= 0.3 is 167 Å². The van der Waals surface area contributed by atoms with Gasteiger partial charge in [-0.15, -0.1) is 0 Å². The van der Waals surface area contributed by atoms with Gasteiger partial charge in [0.15, 0.2) is 0 Å².